The van der Waals surface area contributed by atoms with Crippen molar-refractivity contribution in [1.82, 2.24) is 10.3 Å². The van der Waals surface area contributed by atoms with Gasteiger partial charge in [-0.3, -0.25) is 4.79 Å². The molecule has 2 aromatic rings. The summed E-state index contributed by atoms with van der Waals surface area (Å²) >= 11 is 0. The van der Waals surface area contributed by atoms with E-state index in [0.29, 0.717) is 6.54 Å². The minimum atomic E-state index is -0.326. The molecule has 1 fully saturated rings. The van der Waals surface area contributed by atoms with Gasteiger partial charge in [0.2, 0.25) is 5.91 Å². The lowest BCUT2D eigenvalue weighted by molar-refractivity contribution is -0.126. The molecule has 0 atom stereocenters. The highest BCUT2D eigenvalue weighted by atomic mass is 16.2. The van der Waals surface area contributed by atoms with E-state index in [1.807, 2.05) is 36.5 Å². The highest BCUT2D eigenvalue weighted by molar-refractivity contribution is 5.88. The fourth-order valence-electron chi connectivity index (χ4n) is 3.20. The van der Waals surface area contributed by atoms with Crippen molar-refractivity contribution in [2.75, 3.05) is 0 Å². The summed E-state index contributed by atoms with van der Waals surface area (Å²) in [6.07, 6.45) is 6.04. The smallest absolute Gasteiger partial charge is 0.230 e. The second kappa shape index (κ2) is 5.53. The van der Waals surface area contributed by atoms with Crippen LogP contribution in [-0.4, -0.2) is 10.9 Å². The molecule has 1 aromatic heterocycles. The molecule has 1 heterocycles. The zero-order valence-corrected chi connectivity index (χ0v) is 11.6. The summed E-state index contributed by atoms with van der Waals surface area (Å²) in [7, 11) is 0. The van der Waals surface area contributed by atoms with Crippen molar-refractivity contribution in [3.05, 3.63) is 59.9 Å². The number of aromatic nitrogens is 1. The monoisotopic (exact) mass is 268 g/mol. The lowest BCUT2D eigenvalue weighted by Gasteiger charge is -2.28. The Morgan fingerprint density at radius 3 is 2.50 bits per heavy atom. The van der Waals surface area contributed by atoms with Gasteiger partial charge in [-0.05, 0) is 30.5 Å². The lowest BCUT2D eigenvalue weighted by Crippen LogP contribution is -2.42. The molecular formula is C17H20N2O. The Labute approximate surface area is 119 Å². The Morgan fingerprint density at radius 2 is 1.85 bits per heavy atom. The lowest BCUT2D eigenvalue weighted by atomic mass is 9.78. The first-order valence-corrected chi connectivity index (χ1v) is 7.27. The summed E-state index contributed by atoms with van der Waals surface area (Å²) in [4.78, 5) is 15.9. The number of amides is 1. The minimum Gasteiger partial charge on any atom is -0.364 e. The third-order valence-electron chi connectivity index (χ3n) is 4.32. The zero-order valence-electron chi connectivity index (χ0n) is 11.6. The Hall–Kier alpha value is -2.03. The van der Waals surface area contributed by atoms with Gasteiger partial charge in [0, 0.05) is 11.9 Å². The van der Waals surface area contributed by atoms with Gasteiger partial charge in [-0.1, -0.05) is 43.2 Å². The topological polar surface area (TPSA) is 44.9 Å². The average Bonchev–Trinajstić information content (AvgIpc) is 3.18. The molecule has 0 spiro atoms. The standard InChI is InChI=1S/C17H20N2O/c20-16(19-13-15-9-6-12-18-15)17(10-4-5-11-17)14-7-2-1-3-8-14/h1-3,6-9,12,18H,4-5,10-11,13H2,(H,19,20). The molecule has 3 nitrogen and oxygen atoms in total. The van der Waals surface area contributed by atoms with Gasteiger partial charge in [-0.2, -0.15) is 0 Å². The largest absolute Gasteiger partial charge is 0.364 e. The second-order valence-corrected chi connectivity index (χ2v) is 5.53. The van der Waals surface area contributed by atoms with E-state index in [-0.39, 0.29) is 11.3 Å². The normalized spacial score (nSPS) is 17.0. The predicted molar refractivity (Wildman–Crippen MR) is 79.2 cm³/mol. The highest BCUT2D eigenvalue weighted by Gasteiger charge is 2.42. The van der Waals surface area contributed by atoms with E-state index in [4.69, 9.17) is 0 Å². The molecule has 0 radical (unpaired) electrons. The van der Waals surface area contributed by atoms with Gasteiger partial charge in [0.15, 0.2) is 0 Å². The van der Waals surface area contributed by atoms with Crippen LogP contribution < -0.4 is 5.32 Å². The molecule has 20 heavy (non-hydrogen) atoms. The van der Waals surface area contributed by atoms with Gasteiger partial charge in [-0.15, -0.1) is 0 Å². The first-order chi connectivity index (χ1) is 9.81. The summed E-state index contributed by atoms with van der Waals surface area (Å²) in [5.41, 5.74) is 1.87. The number of aromatic amines is 1. The number of H-pyrrole nitrogens is 1. The maximum Gasteiger partial charge on any atom is 0.230 e. The van der Waals surface area contributed by atoms with Crippen LogP contribution in [0.15, 0.2) is 48.7 Å². The fraction of sp³-hybridized carbons (Fsp3) is 0.353. The first kappa shape index (κ1) is 13.0. The van der Waals surface area contributed by atoms with Crippen LogP contribution in [0.3, 0.4) is 0 Å². The summed E-state index contributed by atoms with van der Waals surface area (Å²) < 4.78 is 0. The molecule has 1 aliphatic rings. The van der Waals surface area contributed by atoms with Crippen molar-refractivity contribution < 1.29 is 4.79 Å². The summed E-state index contributed by atoms with van der Waals surface area (Å²) in [5, 5.41) is 3.10. The summed E-state index contributed by atoms with van der Waals surface area (Å²) in [6.45, 7) is 0.570. The van der Waals surface area contributed by atoms with Crippen molar-refractivity contribution in [3.63, 3.8) is 0 Å². The van der Waals surface area contributed by atoms with E-state index in [2.05, 4.69) is 22.4 Å². The van der Waals surface area contributed by atoms with E-state index in [1.165, 1.54) is 0 Å². The number of carbonyl (C=O) groups excluding carboxylic acids is 1. The van der Waals surface area contributed by atoms with Crippen LogP contribution in [0.2, 0.25) is 0 Å². The van der Waals surface area contributed by atoms with Crippen LogP contribution in [0.25, 0.3) is 0 Å². The third-order valence-corrected chi connectivity index (χ3v) is 4.32. The van der Waals surface area contributed by atoms with Gasteiger partial charge < -0.3 is 10.3 Å². The summed E-state index contributed by atoms with van der Waals surface area (Å²) in [5.74, 6) is 0.163. The average molecular weight is 268 g/mol. The van der Waals surface area contributed by atoms with Crippen LogP contribution in [0.5, 0.6) is 0 Å². The molecule has 0 unspecified atom stereocenters. The van der Waals surface area contributed by atoms with E-state index >= 15 is 0 Å². The van der Waals surface area contributed by atoms with Crippen molar-refractivity contribution in [2.45, 2.75) is 37.6 Å². The molecule has 1 amide bonds. The fourth-order valence-corrected chi connectivity index (χ4v) is 3.20. The van der Waals surface area contributed by atoms with Crippen molar-refractivity contribution in [1.29, 1.82) is 0 Å². The molecule has 2 N–H and O–H groups in total. The number of hydrogen-bond acceptors (Lipinski definition) is 1. The molecule has 1 aromatic carbocycles. The van der Waals surface area contributed by atoms with Crippen LogP contribution in [-0.2, 0) is 16.8 Å². The van der Waals surface area contributed by atoms with E-state index in [9.17, 15) is 4.79 Å². The highest BCUT2D eigenvalue weighted by Crippen LogP contribution is 2.41. The van der Waals surface area contributed by atoms with Gasteiger partial charge in [0.1, 0.15) is 0 Å². The molecule has 0 bridgehead atoms. The zero-order chi connectivity index (χ0) is 13.8. The minimum absolute atomic E-state index is 0.163. The van der Waals surface area contributed by atoms with Gasteiger partial charge in [0.05, 0.1) is 12.0 Å². The Bertz CT molecular complexity index is 554. The molecular weight excluding hydrogens is 248 g/mol. The van der Waals surface area contributed by atoms with E-state index in [0.717, 1.165) is 36.9 Å². The van der Waals surface area contributed by atoms with Crippen molar-refractivity contribution in [2.24, 2.45) is 0 Å². The van der Waals surface area contributed by atoms with Gasteiger partial charge in [0.25, 0.3) is 0 Å². The maximum atomic E-state index is 12.7. The molecule has 3 heteroatoms. The number of nitrogens with one attached hydrogen (secondary N) is 2. The van der Waals surface area contributed by atoms with Crippen LogP contribution in [0.4, 0.5) is 0 Å². The Balaban J connectivity index is 1.78. The Morgan fingerprint density at radius 1 is 1.10 bits per heavy atom. The van der Waals surface area contributed by atoms with Gasteiger partial charge in [-0.25, -0.2) is 0 Å². The van der Waals surface area contributed by atoms with Crippen molar-refractivity contribution >= 4 is 5.91 Å². The van der Waals surface area contributed by atoms with Crippen LogP contribution in [0, 0.1) is 0 Å². The van der Waals surface area contributed by atoms with Gasteiger partial charge >= 0.3 is 0 Å². The number of carbonyl (C=O) groups is 1. The number of rotatable bonds is 4. The summed E-state index contributed by atoms with van der Waals surface area (Å²) in [6, 6.07) is 14.2. The number of hydrogen-bond donors (Lipinski definition) is 2. The molecule has 3 rings (SSSR count). The van der Waals surface area contributed by atoms with Crippen molar-refractivity contribution in [3.8, 4) is 0 Å². The van der Waals surface area contributed by atoms with Crippen LogP contribution >= 0.6 is 0 Å². The SMILES string of the molecule is O=C(NCc1ccc[nH]1)C1(c2ccccc2)CCCC1. The second-order valence-electron chi connectivity index (χ2n) is 5.53. The molecule has 0 saturated heterocycles. The number of benzene rings is 1. The quantitative estimate of drug-likeness (QED) is 0.879. The molecule has 1 saturated carbocycles. The predicted octanol–water partition coefficient (Wildman–Crippen LogP) is 3.14. The molecule has 1 aliphatic carbocycles. The van der Waals surface area contributed by atoms with E-state index in [1.54, 1.807) is 0 Å². The third kappa shape index (κ3) is 2.36. The Kier molecular flexibility index (Phi) is 3.59. The van der Waals surface area contributed by atoms with E-state index < -0.39 is 0 Å². The molecule has 104 valence electrons. The first-order valence-electron chi connectivity index (χ1n) is 7.27. The van der Waals surface area contributed by atoms with Crippen LogP contribution in [0.1, 0.15) is 36.9 Å². The molecule has 0 aliphatic heterocycles. The maximum absolute atomic E-state index is 12.7.